The molecule has 6 nitrogen and oxygen atoms in total. The molecule has 1 fully saturated rings. The van der Waals surface area contributed by atoms with E-state index in [1.807, 2.05) is 24.3 Å². The maximum atomic E-state index is 6.15. The molecule has 18 heavy (non-hydrogen) atoms. The van der Waals surface area contributed by atoms with Crippen molar-refractivity contribution < 1.29 is 4.74 Å². The molecule has 0 bridgehead atoms. The molecule has 1 aliphatic rings. The van der Waals surface area contributed by atoms with Gasteiger partial charge in [0, 0.05) is 17.8 Å². The Labute approximate surface area is 105 Å². The first-order valence-corrected chi connectivity index (χ1v) is 6.05. The fourth-order valence-corrected chi connectivity index (χ4v) is 2.52. The van der Waals surface area contributed by atoms with Crippen molar-refractivity contribution in [3.63, 3.8) is 0 Å². The van der Waals surface area contributed by atoms with Crippen LogP contribution in [0.15, 0.2) is 6.07 Å². The van der Waals surface area contributed by atoms with E-state index in [9.17, 15) is 0 Å². The number of hydrogen-bond donors (Lipinski definition) is 1. The molecule has 2 aromatic heterocycles. The summed E-state index contributed by atoms with van der Waals surface area (Å²) < 4.78 is 7.46. The lowest BCUT2D eigenvalue weighted by molar-refractivity contribution is 0.178. The molecule has 6 heteroatoms. The monoisotopic (exact) mass is 247 g/mol. The van der Waals surface area contributed by atoms with Crippen molar-refractivity contribution >= 4 is 5.65 Å². The summed E-state index contributed by atoms with van der Waals surface area (Å²) in [6, 6.07) is 1.86. The molecule has 96 valence electrons. The number of aryl methyl sites for hydroxylation is 2. The minimum absolute atomic E-state index is 0.0643. The number of fused-ring (bicyclic) bond motifs is 1. The highest BCUT2D eigenvalue weighted by Gasteiger charge is 2.43. The summed E-state index contributed by atoms with van der Waals surface area (Å²) in [5.74, 6) is 1.72. The Morgan fingerprint density at radius 1 is 1.44 bits per heavy atom. The normalized spacial score (nSPS) is 28.1. The summed E-state index contributed by atoms with van der Waals surface area (Å²) in [5, 5.41) is 8.54. The Bertz CT molecular complexity index is 608. The predicted octanol–water partition coefficient (Wildman–Crippen LogP) is 0.356. The van der Waals surface area contributed by atoms with Crippen molar-refractivity contribution in [2.75, 3.05) is 13.2 Å². The Balaban J connectivity index is 2.25. The van der Waals surface area contributed by atoms with Gasteiger partial charge in [-0.15, -0.1) is 10.2 Å². The maximum Gasteiger partial charge on any atom is 0.164 e. The maximum absolute atomic E-state index is 6.15. The number of hydrogen-bond acceptors (Lipinski definition) is 5. The average molecular weight is 247 g/mol. The minimum Gasteiger partial charge on any atom is -0.379 e. The van der Waals surface area contributed by atoms with Gasteiger partial charge in [0.05, 0.1) is 18.6 Å². The zero-order valence-electron chi connectivity index (χ0n) is 10.8. The van der Waals surface area contributed by atoms with Gasteiger partial charge in [-0.1, -0.05) is 0 Å². The van der Waals surface area contributed by atoms with Gasteiger partial charge >= 0.3 is 0 Å². The standard InChI is InChI=1S/C12H17N5O/c1-7-4-10-15-16-11(17(10)8(2)14-7)12(3)6-18-5-9(12)13/h4,9H,5-6,13H2,1-3H3. The van der Waals surface area contributed by atoms with E-state index in [-0.39, 0.29) is 11.5 Å². The Hall–Kier alpha value is -1.53. The van der Waals surface area contributed by atoms with Crippen molar-refractivity contribution in [3.8, 4) is 0 Å². The second-order valence-corrected chi connectivity index (χ2v) is 5.20. The van der Waals surface area contributed by atoms with Gasteiger partial charge in [-0.25, -0.2) is 4.98 Å². The summed E-state index contributed by atoms with van der Waals surface area (Å²) in [7, 11) is 0. The SMILES string of the molecule is Cc1cc2nnc(C3(C)COCC3N)n2c(C)n1. The van der Waals surface area contributed by atoms with Gasteiger partial charge in [0.25, 0.3) is 0 Å². The third kappa shape index (κ3) is 1.46. The van der Waals surface area contributed by atoms with Crippen LogP contribution in [0.3, 0.4) is 0 Å². The third-order valence-corrected chi connectivity index (χ3v) is 3.72. The number of rotatable bonds is 1. The smallest absolute Gasteiger partial charge is 0.164 e. The van der Waals surface area contributed by atoms with E-state index >= 15 is 0 Å². The highest BCUT2D eigenvalue weighted by atomic mass is 16.5. The fourth-order valence-electron chi connectivity index (χ4n) is 2.52. The van der Waals surface area contributed by atoms with E-state index in [2.05, 4.69) is 22.1 Å². The zero-order valence-corrected chi connectivity index (χ0v) is 10.8. The lowest BCUT2D eigenvalue weighted by Crippen LogP contribution is -2.43. The van der Waals surface area contributed by atoms with Crippen LogP contribution in [-0.4, -0.2) is 38.8 Å². The van der Waals surface area contributed by atoms with E-state index in [4.69, 9.17) is 10.5 Å². The fraction of sp³-hybridized carbons (Fsp3) is 0.583. The topological polar surface area (TPSA) is 78.3 Å². The highest BCUT2D eigenvalue weighted by Crippen LogP contribution is 2.31. The van der Waals surface area contributed by atoms with Gasteiger partial charge < -0.3 is 10.5 Å². The largest absolute Gasteiger partial charge is 0.379 e. The van der Waals surface area contributed by atoms with Crippen molar-refractivity contribution in [1.29, 1.82) is 0 Å². The lowest BCUT2D eigenvalue weighted by Gasteiger charge is -2.25. The number of ether oxygens (including phenoxy) is 1. The molecule has 2 aromatic rings. The first-order chi connectivity index (χ1) is 8.52. The van der Waals surface area contributed by atoms with Crippen LogP contribution in [0.1, 0.15) is 24.3 Å². The van der Waals surface area contributed by atoms with Gasteiger partial charge in [0.15, 0.2) is 5.65 Å². The van der Waals surface area contributed by atoms with Crippen molar-refractivity contribution in [2.45, 2.75) is 32.2 Å². The van der Waals surface area contributed by atoms with E-state index in [1.165, 1.54) is 0 Å². The average Bonchev–Trinajstić information content (AvgIpc) is 2.85. The molecule has 1 saturated heterocycles. The number of aromatic nitrogens is 4. The molecule has 0 saturated carbocycles. The Morgan fingerprint density at radius 3 is 2.89 bits per heavy atom. The predicted molar refractivity (Wildman–Crippen MR) is 66.4 cm³/mol. The van der Waals surface area contributed by atoms with Crippen LogP contribution in [-0.2, 0) is 10.2 Å². The van der Waals surface area contributed by atoms with Gasteiger partial charge in [0.1, 0.15) is 11.6 Å². The molecule has 3 rings (SSSR count). The number of nitrogens with zero attached hydrogens (tertiary/aromatic N) is 4. The van der Waals surface area contributed by atoms with Crippen LogP contribution in [0.4, 0.5) is 0 Å². The third-order valence-electron chi connectivity index (χ3n) is 3.72. The Morgan fingerprint density at radius 2 is 2.22 bits per heavy atom. The molecule has 2 unspecified atom stereocenters. The molecular weight excluding hydrogens is 230 g/mol. The van der Waals surface area contributed by atoms with Crippen LogP contribution < -0.4 is 5.73 Å². The highest BCUT2D eigenvalue weighted by molar-refractivity contribution is 5.41. The lowest BCUT2D eigenvalue weighted by atomic mass is 9.85. The van der Waals surface area contributed by atoms with E-state index < -0.39 is 0 Å². The van der Waals surface area contributed by atoms with Gasteiger partial charge in [0.2, 0.25) is 0 Å². The molecule has 0 aromatic carbocycles. The molecule has 2 N–H and O–H groups in total. The van der Waals surface area contributed by atoms with Gasteiger partial charge in [-0.2, -0.15) is 0 Å². The molecule has 0 spiro atoms. The van der Waals surface area contributed by atoms with Gasteiger partial charge in [-0.05, 0) is 20.8 Å². The number of nitrogens with two attached hydrogens (primary N) is 1. The quantitative estimate of drug-likeness (QED) is 0.787. The second-order valence-electron chi connectivity index (χ2n) is 5.20. The summed E-state index contributed by atoms with van der Waals surface area (Å²) in [5.41, 5.74) is 7.60. The van der Waals surface area contributed by atoms with Crippen LogP contribution >= 0.6 is 0 Å². The second kappa shape index (κ2) is 3.73. The Kier molecular flexibility index (Phi) is 2.39. The van der Waals surface area contributed by atoms with Crippen LogP contribution in [0.2, 0.25) is 0 Å². The summed E-state index contributed by atoms with van der Waals surface area (Å²) in [6.45, 7) is 7.11. The van der Waals surface area contributed by atoms with E-state index in [0.29, 0.717) is 13.2 Å². The molecule has 1 aliphatic heterocycles. The summed E-state index contributed by atoms with van der Waals surface area (Å²) in [6.07, 6.45) is 0. The van der Waals surface area contributed by atoms with Crippen molar-refractivity contribution in [2.24, 2.45) is 5.73 Å². The summed E-state index contributed by atoms with van der Waals surface area (Å²) in [4.78, 5) is 4.46. The molecule has 2 atom stereocenters. The first-order valence-electron chi connectivity index (χ1n) is 6.05. The van der Waals surface area contributed by atoms with Crippen molar-refractivity contribution in [1.82, 2.24) is 19.6 Å². The molecule has 0 radical (unpaired) electrons. The van der Waals surface area contributed by atoms with Crippen LogP contribution in [0, 0.1) is 13.8 Å². The van der Waals surface area contributed by atoms with E-state index in [1.54, 1.807) is 0 Å². The van der Waals surface area contributed by atoms with E-state index in [0.717, 1.165) is 23.0 Å². The molecule has 0 amide bonds. The summed E-state index contributed by atoms with van der Waals surface area (Å²) >= 11 is 0. The van der Waals surface area contributed by atoms with Crippen LogP contribution in [0.5, 0.6) is 0 Å². The van der Waals surface area contributed by atoms with Crippen molar-refractivity contribution in [3.05, 3.63) is 23.4 Å². The molecular formula is C12H17N5O. The first kappa shape index (κ1) is 11.6. The zero-order chi connectivity index (χ0) is 12.9. The molecule has 0 aliphatic carbocycles. The minimum atomic E-state index is -0.304. The molecule has 3 heterocycles. The van der Waals surface area contributed by atoms with Crippen LogP contribution in [0.25, 0.3) is 5.65 Å². The van der Waals surface area contributed by atoms with Gasteiger partial charge in [-0.3, -0.25) is 4.40 Å².